The Bertz CT molecular complexity index is 805. The fourth-order valence-corrected chi connectivity index (χ4v) is 3.17. The fourth-order valence-electron chi connectivity index (χ4n) is 2.97. The Morgan fingerprint density at radius 3 is 2.54 bits per heavy atom. The van der Waals surface area contributed by atoms with Crippen molar-refractivity contribution in [2.24, 2.45) is 0 Å². The van der Waals surface area contributed by atoms with Crippen molar-refractivity contribution in [2.45, 2.75) is 25.4 Å². The van der Waals surface area contributed by atoms with Gasteiger partial charge in [-0.15, -0.1) is 0 Å². The van der Waals surface area contributed by atoms with E-state index in [1.54, 1.807) is 6.07 Å². The maximum atomic E-state index is 13.1. The van der Waals surface area contributed by atoms with Gasteiger partial charge >= 0.3 is 6.18 Å². The first-order valence-electron chi connectivity index (χ1n) is 8.24. The van der Waals surface area contributed by atoms with Crippen molar-refractivity contribution < 1.29 is 18.0 Å². The van der Waals surface area contributed by atoms with E-state index in [9.17, 15) is 18.0 Å². The Morgan fingerprint density at radius 1 is 1.15 bits per heavy atom. The van der Waals surface area contributed by atoms with E-state index in [1.807, 2.05) is 4.90 Å². The molecule has 1 aromatic carbocycles. The van der Waals surface area contributed by atoms with E-state index in [4.69, 9.17) is 11.6 Å². The van der Waals surface area contributed by atoms with Gasteiger partial charge in [0.05, 0.1) is 22.5 Å². The number of piperidine rings is 1. The lowest BCUT2D eigenvalue weighted by Gasteiger charge is -2.31. The van der Waals surface area contributed by atoms with Gasteiger partial charge in [0.15, 0.2) is 0 Å². The van der Waals surface area contributed by atoms with Crippen LogP contribution < -0.4 is 10.2 Å². The van der Waals surface area contributed by atoms with E-state index in [2.05, 4.69) is 10.3 Å². The number of halogens is 4. The van der Waals surface area contributed by atoms with Gasteiger partial charge in [-0.3, -0.25) is 4.79 Å². The maximum absolute atomic E-state index is 13.1. The standard InChI is InChI=1S/C18H17ClF3N3O/c19-16-13(5-4-8-23-16)17(26)24-14-11-12(18(20,21)22)6-7-15(14)25-9-2-1-3-10-25/h4-8,11H,1-3,9-10H2,(H,24,26). The molecule has 138 valence electrons. The molecule has 0 spiro atoms. The lowest BCUT2D eigenvalue weighted by molar-refractivity contribution is -0.137. The number of carbonyl (C=O) groups excluding carboxylic acids is 1. The van der Waals surface area contributed by atoms with Crippen LogP contribution in [0.5, 0.6) is 0 Å². The predicted molar refractivity (Wildman–Crippen MR) is 94.7 cm³/mol. The van der Waals surface area contributed by atoms with Gasteiger partial charge < -0.3 is 10.2 Å². The fraction of sp³-hybridized carbons (Fsp3) is 0.333. The van der Waals surface area contributed by atoms with Crippen LogP contribution in [0.25, 0.3) is 0 Å². The Hall–Kier alpha value is -2.28. The molecule has 1 saturated heterocycles. The van der Waals surface area contributed by atoms with Crippen LogP contribution in [-0.2, 0) is 6.18 Å². The summed E-state index contributed by atoms with van der Waals surface area (Å²) in [6.45, 7) is 1.48. The Balaban J connectivity index is 1.96. The topological polar surface area (TPSA) is 45.2 Å². The van der Waals surface area contributed by atoms with Crippen LogP contribution in [0.1, 0.15) is 35.2 Å². The normalized spacial score (nSPS) is 15.0. The highest BCUT2D eigenvalue weighted by Crippen LogP contribution is 2.36. The van der Waals surface area contributed by atoms with Crippen LogP contribution in [0.4, 0.5) is 24.5 Å². The summed E-state index contributed by atoms with van der Waals surface area (Å²) in [5, 5.41) is 2.57. The van der Waals surface area contributed by atoms with Crippen molar-refractivity contribution in [3.63, 3.8) is 0 Å². The number of nitrogens with one attached hydrogen (secondary N) is 1. The van der Waals surface area contributed by atoms with E-state index in [0.29, 0.717) is 5.69 Å². The van der Waals surface area contributed by atoms with E-state index < -0.39 is 17.6 Å². The van der Waals surface area contributed by atoms with Crippen LogP contribution in [0, 0.1) is 0 Å². The first kappa shape index (κ1) is 18.5. The monoisotopic (exact) mass is 383 g/mol. The third-order valence-electron chi connectivity index (χ3n) is 4.27. The SMILES string of the molecule is O=C(Nc1cc(C(F)(F)F)ccc1N1CCCCC1)c1cccnc1Cl. The molecule has 1 aromatic heterocycles. The lowest BCUT2D eigenvalue weighted by Crippen LogP contribution is -2.30. The number of nitrogens with zero attached hydrogens (tertiary/aromatic N) is 2. The molecule has 26 heavy (non-hydrogen) atoms. The Morgan fingerprint density at radius 2 is 1.88 bits per heavy atom. The second-order valence-electron chi connectivity index (χ2n) is 6.07. The minimum absolute atomic E-state index is 0.00324. The molecule has 0 radical (unpaired) electrons. The molecule has 8 heteroatoms. The molecule has 1 fully saturated rings. The van der Waals surface area contributed by atoms with Crippen molar-refractivity contribution in [3.05, 3.63) is 52.8 Å². The maximum Gasteiger partial charge on any atom is 0.416 e. The highest BCUT2D eigenvalue weighted by atomic mass is 35.5. The van der Waals surface area contributed by atoms with E-state index in [1.165, 1.54) is 18.3 Å². The summed E-state index contributed by atoms with van der Waals surface area (Å²) < 4.78 is 39.3. The lowest BCUT2D eigenvalue weighted by atomic mass is 10.1. The minimum Gasteiger partial charge on any atom is -0.370 e. The number of pyridine rings is 1. The molecule has 0 atom stereocenters. The van der Waals surface area contributed by atoms with Gasteiger partial charge in [-0.05, 0) is 49.6 Å². The largest absolute Gasteiger partial charge is 0.416 e. The molecule has 1 amide bonds. The number of hydrogen-bond acceptors (Lipinski definition) is 3. The second-order valence-corrected chi connectivity index (χ2v) is 6.43. The highest BCUT2D eigenvalue weighted by Gasteiger charge is 2.32. The van der Waals surface area contributed by atoms with Gasteiger partial charge in [-0.2, -0.15) is 13.2 Å². The molecule has 2 aromatic rings. The molecule has 0 bridgehead atoms. The Kier molecular flexibility index (Phi) is 5.36. The van der Waals surface area contributed by atoms with Gasteiger partial charge in [-0.25, -0.2) is 4.98 Å². The first-order valence-corrected chi connectivity index (χ1v) is 8.62. The Labute approximate surface area is 154 Å². The average Bonchev–Trinajstić information content (AvgIpc) is 2.62. The van der Waals surface area contributed by atoms with Crippen molar-refractivity contribution >= 4 is 28.9 Å². The zero-order valence-electron chi connectivity index (χ0n) is 13.8. The molecule has 4 nitrogen and oxygen atoms in total. The third kappa shape index (κ3) is 4.09. The molecule has 3 rings (SSSR count). The molecule has 1 aliphatic heterocycles. The third-order valence-corrected chi connectivity index (χ3v) is 4.57. The van der Waals surface area contributed by atoms with Gasteiger partial charge in [-0.1, -0.05) is 11.6 Å². The number of hydrogen-bond donors (Lipinski definition) is 1. The predicted octanol–water partition coefficient (Wildman–Crippen LogP) is 5.00. The number of carbonyl (C=O) groups is 1. The molecule has 1 aliphatic rings. The smallest absolute Gasteiger partial charge is 0.370 e. The van der Waals surface area contributed by atoms with E-state index >= 15 is 0 Å². The van der Waals surface area contributed by atoms with Gasteiger partial charge in [0.25, 0.3) is 5.91 Å². The van der Waals surface area contributed by atoms with Crippen LogP contribution in [0.15, 0.2) is 36.5 Å². The van der Waals surface area contributed by atoms with Crippen LogP contribution in [0.2, 0.25) is 5.15 Å². The summed E-state index contributed by atoms with van der Waals surface area (Å²) in [6, 6.07) is 6.43. The zero-order valence-corrected chi connectivity index (χ0v) is 14.6. The van der Waals surface area contributed by atoms with Crippen LogP contribution >= 0.6 is 11.6 Å². The van der Waals surface area contributed by atoms with Crippen molar-refractivity contribution in [1.29, 1.82) is 0 Å². The van der Waals surface area contributed by atoms with Gasteiger partial charge in [0, 0.05) is 19.3 Å². The molecule has 0 aliphatic carbocycles. The summed E-state index contributed by atoms with van der Waals surface area (Å²) in [5.74, 6) is -0.597. The van der Waals surface area contributed by atoms with Crippen molar-refractivity contribution in [2.75, 3.05) is 23.3 Å². The van der Waals surface area contributed by atoms with Gasteiger partial charge in [0.2, 0.25) is 0 Å². The van der Waals surface area contributed by atoms with E-state index in [-0.39, 0.29) is 16.4 Å². The molecule has 0 unspecified atom stereocenters. The van der Waals surface area contributed by atoms with Crippen molar-refractivity contribution in [3.8, 4) is 0 Å². The summed E-state index contributed by atoms with van der Waals surface area (Å²) >= 11 is 5.92. The summed E-state index contributed by atoms with van der Waals surface area (Å²) in [6.07, 6.45) is -0.0514. The highest BCUT2D eigenvalue weighted by molar-refractivity contribution is 6.33. The minimum atomic E-state index is -4.49. The van der Waals surface area contributed by atoms with Crippen LogP contribution in [0.3, 0.4) is 0 Å². The molecule has 0 saturated carbocycles. The molecule has 2 heterocycles. The second kappa shape index (κ2) is 7.53. The number of alkyl halides is 3. The first-order chi connectivity index (χ1) is 12.4. The number of aromatic nitrogens is 1. The van der Waals surface area contributed by atoms with Crippen LogP contribution in [-0.4, -0.2) is 24.0 Å². The van der Waals surface area contributed by atoms with E-state index in [0.717, 1.165) is 44.5 Å². The average molecular weight is 384 g/mol. The number of anilines is 2. The summed E-state index contributed by atoms with van der Waals surface area (Å²) in [4.78, 5) is 18.3. The quantitative estimate of drug-likeness (QED) is 0.759. The number of rotatable bonds is 3. The number of benzene rings is 1. The van der Waals surface area contributed by atoms with Crippen molar-refractivity contribution in [1.82, 2.24) is 4.98 Å². The summed E-state index contributed by atoms with van der Waals surface area (Å²) in [7, 11) is 0. The molecule has 1 N–H and O–H groups in total. The molecular weight excluding hydrogens is 367 g/mol. The number of amides is 1. The zero-order chi connectivity index (χ0) is 18.7. The molecular formula is C18H17ClF3N3O. The summed E-state index contributed by atoms with van der Waals surface area (Å²) in [5.41, 5.74) is -0.0141. The van der Waals surface area contributed by atoms with Gasteiger partial charge in [0.1, 0.15) is 5.15 Å².